The van der Waals surface area contributed by atoms with Gasteiger partial charge >= 0.3 is 0 Å². The van der Waals surface area contributed by atoms with E-state index in [-0.39, 0.29) is 10.7 Å². The minimum atomic E-state index is -3.84. The number of H-pyrrole nitrogens is 1. The highest BCUT2D eigenvalue weighted by Gasteiger charge is 2.25. The Bertz CT molecular complexity index is 682. The molecule has 0 saturated heterocycles. The third-order valence-corrected chi connectivity index (χ3v) is 3.99. The van der Waals surface area contributed by atoms with Crippen LogP contribution in [0, 0.1) is 0 Å². The van der Waals surface area contributed by atoms with Crippen molar-refractivity contribution in [2.24, 2.45) is 10.9 Å². The van der Waals surface area contributed by atoms with Crippen LogP contribution in [-0.4, -0.2) is 29.7 Å². The maximum Gasteiger partial charge on any atom is 0.244 e. The third-order valence-electron chi connectivity index (χ3n) is 2.60. The van der Waals surface area contributed by atoms with E-state index in [1.807, 2.05) is 0 Å². The van der Waals surface area contributed by atoms with Crippen LogP contribution in [0.5, 0.6) is 0 Å². The average Bonchev–Trinajstić information content (AvgIpc) is 3.00. The number of nitrogens with zero attached hydrogens (tertiary/aromatic N) is 2. The van der Waals surface area contributed by atoms with E-state index in [9.17, 15) is 8.42 Å². The van der Waals surface area contributed by atoms with Crippen LogP contribution in [0.1, 0.15) is 11.6 Å². The molecule has 0 bridgehead atoms. The summed E-state index contributed by atoms with van der Waals surface area (Å²) in [6.45, 7) is 0. The molecule has 0 radical (unpaired) electrons. The predicted octanol–water partition coefficient (Wildman–Crippen LogP) is 0.176. The molecule has 1 aromatic carbocycles. The van der Waals surface area contributed by atoms with Crippen molar-refractivity contribution in [2.75, 3.05) is 0 Å². The van der Waals surface area contributed by atoms with Crippen molar-refractivity contribution in [3.63, 3.8) is 0 Å². The standard InChI is InChI=1S/C11H13N5O3S/c12-11(15-17)10(8-4-2-1-3-5-8)16-20(18,19)9-6-13-14-7-9/h1-7,10,16-17H,(H2,12,15)(H,13,14). The Balaban J connectivity index is 2.35. The van der Waals surface area contributed by atoms with E-state index in [1.54, 1.807) is 30.3 Å². The van der Waals surface area contributed by atoms with Gasteiger partial charge in [-0.15, -0.1) is 0 Å². The zero-order valence-corrected chi connectivity index (χ0v) is 11.1. The van der Waals surface area contributed by atoms with Crippen molar-refractivity contribution >= 4 is 15.9 Å². The van der Waals surface area contributed by atoms with Crippen molar-refractivity contribution in [1.82, 2.24) is 14.9 Å². The first-order valence-electron chi connectivity index (χ1n) is 5.58. The Morgan fingerprint density at radius 1 is 1.40 bits per heavy atom. The largest absolute Gasteiger partial charge is 0.409 e. The highest BCUT2D eigenvalue weighted by Crippen LogP contribution is 2.16. The zero-order chi connectivity index (χ0) is 14.6. The quantitative estimate of drug-likeness (QED) is 0.270. The molecule has 2 rings (SSSR count). The molecule has 0 amide bonds. The van der Waals surface area contributed by atoms with Crippen LogP contribution in [0.15, 0.2) is 52.8 Å². The fraction of sp³-hybridized carbons (Fsp3) is 0.0909. The number of nitrogens with one attached hydrogen (secondary N) is 2. The fourth-order valence-corrected chi connectivity index (χ4v) is 2.71. The van der Waals surface area contributed by atoms with Crippen LogP contribution >= 0.6 is 0 Å². The second-order valence-corrected chi connectivity index (χ2v) is 5.64. The van der Waals surface area contributed by atoms with Crippen LogP contribution in [0.4, 0.5) is 0 Å². The Labute approximate surface area is 115 Å². The normalized spacial score (nSPS) is 14.1. The molecule has 1 atom stereocenters. The summed E-state index contributed by atoms with van der Waals surface area (Å²) in [5, 5.41) is 17.7. The van der Waals surface area contributed by atoms with Gasteiger partial charge in [-0.05, 0) is 5.56 Å². The number of hydrogen-bond donors (Lipinski definition) is 4. The van der Waals surface area contributed by atoms with Gasteiger partial charge in [0, 0.05) is 6.20 Å². The molecule has 0 saturated carbocycles. The first kappa shape index (κ1) is 14.0. The van der Waals surface area contributed by atoms with Gasteiger partial charge in [0.25, 0.3) is 0 Å². The summed E-state index contributed by atoms with van der Waals surface area (Å²) in [6.07, 6.45) is 2.40. The predicted molar refractivity (Wildman–Crippen MR) is 71.5 cm³/mol. The molecular weight excluding hydrogens is 282 g/mol. The summed E-state index contributed by atoms with van der Waals surface area (Å²) in [5.41, 5.74) is 6.11. The summed E-state index contributed by atoms with van der Waals surface area (Å²) in [6, 6.07) is 7.58. The van der Waals surface area contributed by atoms with Gasteiger partial charge in [0.2, 0.25) is 10.0 Å². The number of aromatic nitrogens is 2. The molecule has 0 spiro atoms. The topological polar surface area (TPSA) is 133 Å². The summed E-state index contributed by atoms with van der Waals surface area (Å²) in [4.78, 5) is -0.0378. The lowest BCUT2D eigenvalue weighted by atomic mass is 10.1. The number of rotatable bonds is 5. The van der Waals surface area contributed by atoms with Gasteiger partial charge in [-0.1, -0.05) is 35.5 Å². The molecule has 0 fully saturated rings. The average molecular weight is 295 g/mol. The molecule has 0 aliphatic rings. The van der Waals surface area contributed by atoms with Gasteiger partial charge in [-0.2, -0.15) is 9.82 Å². The smallest absolute Gasteiger partial charge is 0.244 e. The molecule has 0 aliphatic heterocycles. The molecule has 1 unspecified atom stereocenters. The number of benzene rings is 1. The molecule has 9 heteroatoms. The summed E-state index contributed by atoms with van der Waals surface area (Å²) in [7, 11) is -3.84. The molecule has 8 nitrogen and oxygen atoms in total. The van der Waals surface area contributed by atoms with Crippen LogP contribution in [0.2, 0.25) is 0 Å². The highest BCUT2D eigenvalue weighted by atomic mass is 32.2. The molecule has 20 heavy (non-hydrogen) atoms. The fourth-order valence-electron chi connectivity index (χ4n) is 1.61. The minimum Gasteiger partial charge on any atom is -0.409 e. The Kier molecular flexibility index (Phi) is 4.01. The number of nitrogens with two attached hydrogens (primary N) is 1. The molecule has 1 heterocycles. The van der Waals surface area contributed by atoms with Crippen LogP contribution in [0.3, 0.4) is 0 Å². The molecule has 106 valence electrons. The van der Waals surface area contributed by atoms with Gasteiger partial charge in [0.1, 0.15) is 10.9 Å². The zero-order valence-electron chi connectivity index (χ0n) is 10.3. The van der Waals surface area contributed by atoms with E-state index in [2.05, 4.69) is 20.1 Å². The van der Waals surface area contributed by atoms with Crippen molar-refractivity contribution in [2.45, 2.75) is 10.9 Å². The summed E-state index contributed by atoms with van der Waals surface area (Å²) < 4.78 is 26.6. The van der Waals surface area contributed by atoms with Crippen LogP contribution in [-0.2, 0) is 10.0 Å². The van der Waals surface area contributed by atoms with Crippen molar-refractivity contribution in [1.29, 1.82) is 0 Å². The Hall–Kier alpha value is -2.39. The van der Waals surface area contributed by atoms with Gasteiger partial charge in [-0.25, -0.2) is 8.42 Å². The number of hydrogen-bond acceptors (Lipinski definition) is 5. The second-order valence-electron chi connectivity index (χ2n) is 3.92. The lowest BCUT2D eigenvalue weighted by Crippen LogP contribution is -2.37. The number of sulfonamides is 1. The van der Waals surface area contributed by atoms with Gasteiger partial charge in [-0.3, -0.25) is 5.10 Å². The Morgan fingerprint density at radius 3 is 2.65 bits per heavy atom. The molecule has 5 N–H and O–H groups in total. The van der Waals surface area contributed by atoms with E-state index in [4.69, 9.17) is 10.9 Å². The lowest BCUT2D eigenvalue weighted by molar-refractivity contribution is 0.315. The monoisotopic (exact) mass is 295 g/mol. The van der Waals surface area contributed by atoms with Crippen molar-refractivity contribution < 1.29 is 13.6 Å². The molecular formula is C11H13N5O3S. The maximum absolute atomic E-state index is 12.1. The first-order valence-corrected chi connectivity index (χ1v) is 7.06. The highest BCUT2D eigenvalue weighted by molar-refractivity contribution is 7.89. The van der Waals surface area contributed by atoms with E-state index in [0.717, 1.165) is 6.20 Å². The number of oxime groups is 1. The number of aromatic amines is 1. The Morgan fingerprint density at radius 2 is 2.10 bits per heavy atom. The molecule has 0 aliphatic carbocycles. The lowest BCUT2D eigenvalue weighted by Gasteiger charge is -2.17. The van der Waals surface area contributed by atoms with Crippen molar-refractivity contribution in [3.05, 3.63) is 48.3 Å². The second kappa shape index (κ2) is 5.72. The number of amidine groups is 1. The van der Waals surface area contributed by atoms with E-state index < -0.39 is 16.1 Å². The van der Waals surface area contributed by atoms with Crippen LogP contribution in [0.25, 0.3) is 0 Å². The molecule has 1 aromatic heterocycles. The maximum atomic E-state index is 12.1. The van der Waals surface area contributed by atoms with E-state index in [0.29, 0.717) is 5.56 Å². The van der Waals surface area contributed by atoms with E-state index in [1.165, 1.54) is 6.20 Å². The van der Waals surface area contributed by atoms with Crippen LogP contribution < -0.4 is 10.5 Å². The minimum absolute atomic E-state index is 0.0378. The van der Waals surface area contributed by atoms with Gasteiger partial charge in [0.15, 0.2) is 5.84 Å². The first-order chi connectivity index (χ1) is 9.54. The van der Waals surface area contributed by atoms with Gasteiger partial charge < -0.3 is 10.9 Å². The summed E-state index contributed by atoms with van der Waals surface area (Å²) in [5.74, 6) is -0.261. The van der Waals surface area contributed by atoms with Gasteiger partial charge in [0.05, 0.1) is 6.20 Å². The summed E-state index contributed by atoms with van der Waals surface area (Å²) >= 11 is 0. The SMILES string of the molecule is N/C(=N\O)C(NS(=O)(=O)c1cn[nH]c1)c1ccccc1. The van der Waals surface area contributed by atoms with E-state index >= 15 is 0 Å². The third kappa shape index (κ3) is 2.95. The molecule has 2 aromatic rings. The van der Waals surface area contributed by atoms with Crippen molar-refractivity contribution in [3.8, 4) is 0 Å².